The first-order valence-electron chi connectivity index (χ1n) is 28.2. The van der Waals surface area contributed by atoms with E-state index in [9.17, 15) is 0 Å². The Kier molecular flexibility index (Phi) is 154. The Hall–Kier alpha value is -0.120. The summed E-state index contributed by atoms with van der Waals surface area (Å²) in [4.78, 5) is 0. The molecule has 0 bridgehead atoms. The number of hydrogen-bond donors (Lipinski definition) is 0. The fourth-order valence-electron chi connectivity index (χ4n) is 3.27. The molecule has 2 aliphatic rings. The van der Waals surface area contributed by atoms with Crippen LogP contribution in [0.3, 0.4) is 0 Å². The van der Waals surface area contributed by atoms with Crippen LogP contribution >= 0.6 is 0 Å². The molecule has 0 N–H and O–H groups in total. The van der Waals surface area contributed by atoms with Crippen LogP contribution in [-0.2, 0) is 14.2 Å². The monoisotopic (exact) mass is 915 g/mol. The van der Waals surface area contributed by atoms with Gasteiger partial charge in [0.05, 0.1) is 18.3 Å². The molecule has 0 amide bonds. The predicted octanol–water partition coefficient (Wildman–Crippen LogP) is 23.7. The van der Waals surface area contributed by atoms with Gasteiger partial charge in [-0.25, -0.2) is 0 Å². The lowest BCUT2D eigenvalue weighted by atomic mass is 9.98. The third kappa shape index (κ3) is 307. The molecule has 0 spiro atoms. The van der Waals surface area contributed by atoms with E-state index < -0.39 is 0 Å². The highest BCUT2D eigenvalue weighted by Gasteiger charge is 2.13. The van der Waals surface area contributed by atoms with Crippen molar-refractivity contribution in [2.45, 2.75) is 357 Å². The zero-order valence-corrected chi connectivity index (χ0v) is 52.8. The van der Waals surface area contributed by atoms with Crippen LogP contribution in [0.5, 0.6) is 0 Å². The highest BCUT2D eigenvalue weighted by molar-refractivity contribution is 4.66. The van der Waals surface area contributed by atoms with Gasteiger partial charge in [-0.1, -0.05) is 279 Å². The standard InChI is InChI=1S/C9H18O.C7H14O.C7H16O.2C5H12.2C4H10.3C3H8.5C2H6/c1-2-8-10-9-6-4-3-5-7-9;1-2-8-7-5-3-4-6-7;1-4-5-6-8-7(2)3;2*1-5(2,3)4;2*1-4(2)3;3*1-3-2;5*1-2/h9H,2-8H2,1H3;7H,2-6H2,1H3;7H,4-6H2,1-3H3;2*1-4H3;2*4H,1-3H3;3*3H2,1-2H3;5*1-2H3. The summed E-state index contributed by atoms with van der Waals surface area (Å²) in [6, 6.07) is 0. The van der Waals surface area contributed by atoms with E-state index in [1.54, 1.807) is 0 Å². The van der Waals surface area contributed by atoms with Crippen LogP contribution in [-0.4, -0.2) is 38.1 Å². The van der Waals surface area contributed by atoms with Crippen LogP contribution in [0, 0.1) is 22.7 Å². The Labute approximate surface area is 412 Å². The summed E-state index contributed by atoms with van der Waals surface area (Å²) in [5.41, 5.74) is 1.00. The molecule has 2 rings (SSSR count). The molecule has 0 unspecified atom stereocenters. The Morgan fingerprint density at radius 3 is 0.794 bits per heavy atom. The lowest BCUT2D eigenvalue weighted by Crippen LogP contribution is -2.16. The van der Waals surface area contributed by atoms with Gasteiger partial charge in [0, 0.05) is 19.8 Å². The van der Waals surface area contributed by atoms with E-state index in [4.69, 9.17) is 14.2 Å². The first-order chi connectivity index (χ1) is 29.3. The summed E-state index contributed by atoms with van der Waals surface area (Å²) in [5.74, 6) is 1.67. The van der Waals surface area contributed by atoms with Crippen molar-refractivity contribution in [1.29, 1.82) is 0 Å². The van der Waals surface area contributed by atoms with Crippen molar-refractivity contribution in [2.75, 3.05) is 19.8 Å². The summed E-state index contributed by atoms with van der Waals surface area (Å²) in [7, 11) is 0. The quantitative estimate of drug-likeness (QED) is 0.216. The van der Waals surface area contributed by atoms with E-state index in [2.05, 4.69) is 173 Å². The maximum Gasteiger partial charge on any atom is 0.0575 e. The van der Waals surface area contributed by atoms with Gasteiger partial charge in [0.15, 0.2) is 0 Å². The van der Waals surface area contributed by atoms with Crippen LogP contribution in [0.15, 0.2) is 0 Å². The van der Waals surface area contributed by atoms with Crippen molar-refractivity contribution < 1.29 is 14.2 Å². The lowest BCUT2D eigenvalue weighted by Gasteiger charge is -2.21. The van der Waals surface area contributed by atoms with Crippen LogP contribution in [0.1, 0.15) is 339 Å². The largest absolute Gasteiger partial charge is 0.379 e. The van der Waals surface area contributed by atoms with Crippen LogP contribution < -0.4 is 0 Å². The van der Waals surface area contributed by atoms with Crippen molar-refractivity contribution in [1.82, 2.24) is 0 Å². The molecule has 0 aliphatic heterocycles. The third-order valence-electron chi connectivity index (χ3n) is 4.76. The second-order valence-corrected chi connectivity index (χ2v) is 19.4. The predicted molar refractivity (Wildman–Crippen MR) is 309 cm³/mol. The molecule has 404 valence electrons. The maximum absolute atomic E-state index is 5.63. The number of unbranched alkanes of at least 4 members (excludes halogenated alkanes) is 1. The smallest absolute Gasteiger partial charge is 0.0575 e. The molecule has 0 radical (unpaired) electrons. The van der Waals surface area contributed by atoms with Crippen LogP contribution in [0.25, 0.3) is 0 Å². The van der Waals surface area contributed by atoms with Crippen molar-refractivity contribution in [3.8, 4) is 0 Å². The summed E-state index contributed by atoms with van der Waals surface area (Å²) in [6.45, 7) is 76.6. The van der Waals surface area contributed by atoms with Gasteiger partial charge in [-0.05, 0) is 82.0 Å². The molecule has 2 saturated carbocycles. The number of ether oxygens (including phenoxy) is 3. The number of hydrogen-bond acceptors (Lipinski definition) is 3. The summed E-state index contributed by atoms with van der Waals surface area (Å²) >= 11 is 0. The van der Waals surface area contributed by atoms with E-state index in [0.29, 0.717) is 29.1 Å². The zero-order valence-electron chi connectivity index (χ0n) is 52.8. The second kappa shape index (κ2) is 100. The van der Waals surface area contributed by atoms with Crippen LogP contribution in [0.2, 0.25) is 0 Å². The molecular formula is C60H146O3. The Morgan fingerprint density at radius 2 is 0.603 bits per heavy atom. The minimum Gasteiger partial charge on any atom is -0.379 e. The van der Waals surface area contributed by atoms with Gasteiger partial charge >= 0.3 is 0 Å². The molecule has 2 aliphatic carbocycles. The normalized spacial score (nSPS) is 11.9. The SMILES string of the molecule is CC.CC.CC.CC.CC.CC(C)(C)C.CC(C)(C)C.CC(C)C.CC(C)C.CCC.CCC.CCC.CCCCOC(C)C.CCCOC1CCCCC1.CCOC1CCCC1. The van der Waals surface area contributed by atoms with Gasteiger partial charge in [-0.2, -0.15) is 0 Å². The van der Waals surface area contributed by atoms with Gasteiger partial charge in [0.25, 0.3) is 0 Å². The lowest BCUT2D eigenvalue weighted by molar-refractivity contribution is 0.0289. The second-order valence-electron chi connectivity index (χ2n) is 19.4. The minimum atomic E-state index is 0.404. The molecular weight excluding hydrogens is 769 g/mol. The van der Waals surface area contributed by atoms with Crippen molar-refractivity contribution >= 4 is 0 Å². The minimum absolute atomic E-state index is 0.404. The highest BCUT2D eigenvalue weighted by Crippen LogP contribution is 2.21. The first-order valence-corrected chi connectivity index (χ1v) is 28.2. The topological polar surface area (TPSA) is 27.7 Å². The molecule has 3 nitrogen and oxygen atoms in total. The molecule has 0 aromatic heterocycles. The van der Waals surface area contributed by atoms with Gasteiger partial charge in [-0.15, -0.1) is 0 Å². The summed E-state index contributed by atoms with van der Waals surface area (Å²) < 4.78 is 16.3. The van der Waals surface area contributed by atoms with E-state index in [-0.39, 0.29) is 0 Å². The molecule has 0 atom stereocenters. The van der Waals surface area contributed by atoms with Gasteiger partial charge in [-0.3, -0.25) is 0 Å². The molecule has 0 aromatic rings. The first kappa shape index (κ1) is 96.8. The van der Waals surface area contributed by atoms with Crippen LogP contribution in [0.4, 0.5) is 0 Å². The van der Waals surface area contributed by atoms with Crippen molar-refractivity contribution in [3.05, 3.63) is 0 Å². The van der Waals surface area contributed by atoms with Crippen molar-refractivity contribution in [3.63, 3.8) is 0 Å². The Balaban J connectivity index is -0.0000000401. The fraction of sp³-hybridized carbons (Fsp3) is 1.00. The maximum atomic E-state index is 5.63. The third-order valence-corrected chi connectivity index (χ3v) is 4.76. The van der Waals surface area contributed by atoms with Gasteiger partial charge in [0.2, 0.25) is 0 Å². The van der Waals surface area contributed by atoms with Crippen molar-refractivity contribution in [2.24, 2.45) is 22.7 Å². The zero-order chi connectivity index (χ0) is 53.7. The van der Waals surface area contributed by atoms with E-state index >= 15 is 0 Å². The highest BCUT2D eigenvalue weighted by atomic mass is 16.5. The molecule has 0 saturated heterocycles. The average molecular weight is 916 g/mol. The van der Waals surface area contributed by atoms with E-state index in [0.717, 1.165) is 38.1 Å². The molecule has 0 heterocycles. The molecule has 63 heavy (non-hydrogen) atoms. The number of rotatable bonds is 9. The average Bonchev–Trinajstić information content (AvgIpc) is 3.72. The Morgan fingerprint density at radius 1 is 0.381 bits per heavy atom. The fourth-order valence-corrected chi connectivity index (χ4v) is 3.27. The molecule has 3 heteroatoms. The van der Waals surface area contributed by atoms with E-state index in [1.807, 2.05) is 69.2 Å². The van der Waals surface area contributed by atoms with Gasteiger partial charge in [0.1, 0.15) is 0 Å². The van der Waals surface area contributed by atoms with E-state index in [1.165, 1.54) is 89.9 Å². The molecule has 2 fully saturated rings. The summed E-state index contributed by atoms with van der Waals surface area (Å²) in [6.07, 6.45) is 21.1. The molecule has 0 aromatic carbocycles. The van der Waals surface area contributed by atoms with Gasteiger partial charge < -0.3 is 14.2 Å². The summed E-state index contributed by atoms with van der Waals surface area (Å²) in [5, 5.41) is 0. The Bertz CT molecular complexity index is 476.